The summed E-state index contributed by atoms with van der Waals surface area (Å²) in [5, 5.41) is 20.5. The van der Waals surface area contributed by atoms with Gasteiger partial charge in [0.2, 0.25) is 0 Å². The second-order valence-electron chi connectivity index (χ2n) is 4.83. The van der Waals surface area contributed by atoms with E-state index in [1.165, 1.54) is 6.07 Å². The van der Waals surface area contributed by atoms with Crippen molar-refractivity contribution in [2.75, 3.05) is 18.1 Å². The second kappa shape index (κ2) is 6.85. The Morgan fingerprint density at radius 3 is 2.48 bits per heavy atom. The number of anilines is 1. The maximum atomic E-state index is 11.3. The molecule has 0 atom stereocenters. The van der Waals surface area contributed by atoms with Crippen LogP contribution in [-0.2, 0) is 6.54 Å². The molecule has 5 heteroatoms. The highest BCUT2D eigenvalue weighted by Gasteiger charge is 2.21. The van der Waals surface area contributed by atoms with Gasteiger partial charge in [-0.15, -0.1) is 0 Å². The molecule has 0 aliphatic carbocycles. The molecule has 5 nitrogen and oxygen atoms in total. The molecule has 2 aromatic carbocycles. The first-order chi connectivity index (χ1) is 10.1. The Bertz CT molecular complexity index is 614. The third-order valence-electron chi connectivity index (χ3n) is 3.32. The summed E-state index contributed by atoms with van der Waals surface area (Å²) in [4.78, 5) is 12.7. The first-order valence-electron chi connectivity index (χ1n) is 6.77. The van der Waals surface area contributed by atoms with Gasteiger partial charge in [-0.2, -0.15) is 0 Å². The number of nitrogens with zero attached hydrogens (tertiary/aromatic N) is 2. The van der Waals surface area contributed by atoms with Crippen molar-refractivity contribution in [2.45, 2.75) is 13.5 Å². The van der Waals surface area contributed by atoms with E-state index in [0.717, 1.165) is 11.1 Å². The highest BCUT2D eigenvalue weighted by Crippen LogP contribution is 2.32. The van der Waals surface area contributed by atoms with Gasteiger partial charge in [0, 0.05) is 19.2 Å². The molecule has 0 fully saturated rings. The molecule has 0 aromatic heterocycles. The molecular weight excluding hydrogens is 268 g/mol. The predicted octanol–water partition coefficient (Wildman–Crippen LogP) is 2.90. The van der Waals surface area contributed by atoms with E-state index in [1.54, 1.807) is 6.07 Å². The number of benzene rings is 2. The van der Waals surface area contributed by atoms with Crippen LogP contribution in [0.15, 0.2) is 48.5 Å². The lowest BCUT2D eigenvalue weighted by atomic mass is 10.1. The maximum Gasteiger partial charge on any atom is 0.292 e. The van der Waals surface area contributed by atoms with Crippen molar-refractivity contribution < 1.29 is 10.0 Å². The molecule has 1 N–H and O–H groups in total. The number of hydrogen-bond acceptors (Lipinski definition) is 4. The molecule has 0 aliphatic heterocycles. The van der Waals surface area contributed by atoms with E-state index >= 15 is 0 Å². The van der Waals surface area contributed by atoms with Crippen LogP contribution in [0.5, 0.6) is 0 Å². The summed E-state index contributed by atoms with van der Waals surface area (Å²) in [7, 11) is 0. The molecule has 21 heavy (non-hydrogen) atoms. The third-order valence-corrected chi connectivity index (χ3v) is 3.32. The van der Waals surface area contributed by atoms with Gasteiger partial charge in [0.25, 0.3) is 5.69 Å². The van der Waals surface area contributed by atoms with Gasteiger partial charge in [0.05, 0.1) is 11.5 Å². The van der Waals surface area contributed by atoms with Crippen molar-refractivity contribution in [2.24, 2.45) is 0 Å². The van der Waals surface area contributed by atoms with Crippen LogP contribution in [-0.4, -0.2) is 23.2 Å². The number of nitro benzene ring substituents is 1. The fourth-order valence-corrected chi connectivity index (χ4v) is 2.40. The average molecular weight is 286 g/mol. The monoisotopic (exact) mass is 286 g/mol. The lowest BCUT2D eigenvalue weighted by molar-refractivity contribution is -0.384. The fraction of sp³-hybridized carbons (Fsp3) is 0.250. The normalized spacial score (nSPS) is 10.4. The summed E-state index contributed by atoms with van der Waals surface area (Å²) in [5.74, 6) is 0. The molecule has 0 spiro atoms. The molecule has 2 aromatic rings. The van der Waals surface area contributed by atoms with Gasteiger partial charge in [-0.1, -0.05) is 42.5 Å². The molecule has 0 radical (unpaired) electrons. The predicted molar refractivity (Wildman–Crippen MR) is 82.4 cm³/mol. The van der Waals surface area contributed by atoms with E-state index < -0.39 is 0 Å². The van der Waals surface area contributed by atoms with Crippen LogP contribution in [0.4, 0.5) is 11.4 Å². The van der Waals surface area contributed by atoms with Crippen LogP contribution < -0.4 is 4.90 Å². The Balaban J connectivity index is 2.41. The molecule has 0 amide bonds. The summed E-state index contributed by atoms with van der Waals surface area (Å²) in [6.45, 7) is 2.66. The summed E-state index contributed by atoms with van der Waals surface area (Å²) in [5.41, 5.74) is 2.51. The highest BCUT2D eigenvalue weighted by atomic mass is 16.6. The largest absolute Gasteiger partial charge is 0.395 e. The van der Waals surface area contributed by atoms with Crippen LogP contribution in [0.2, 0.25) is 0 Å². The molecule has 0 unspecified atom stereocenters. The minimum atomic E-state index is -0.377. The van der Waals surface area contributed by atoms with E-state index in [4.69, 9.17) is 0 Å². The third kappa shape index (κ3) is 3.58. The quantitative estimate of drug-likeness (QED) is 0.655. The van der Waals surface area contributed by atoms with E-state index in [1.807, 2.05) is 48.2 Å². The second-order valence-corrected chi connectivity index (χ2v) is 4.83. The molecule has 0 saturated carbocycles. The molecular formula is C16H18N2O3. The smallest absolute Gasteiger partial charge is 0.292 e. The van der Waals surface area contributed by atoms with E-state index in [9.17, 15) is 15.2 Å². The average Bonchev–Trinajstić information content (AvgIpc) is 2.47. The van der Waals surface area contributed by atoms with E-state index in [0.29, 0.717) is 18.8 Å². The van der Waals surface area contributed by atoms with Gasteiger partial charge in [0.1, 0.15) is 5.69 Å². The standard InChI is InChI=1S/C16H18N2O3/c1-13-6-5-9-15(18(20)21)16(13)17(10-11-19)12-14-7-3-2-4-8-14/h2-9,19H,10-12H2,1H3. The summed E-state index contributed by atoms with van der Waals surface area (Å²) in [6, 6.07) is 14.7. The van der Waals surface area contributed by atoms with E-state index in [2.05, 4.69) is 0 Å². The van der Waals surface area contributed by atoms with Crippen molar-refractivity contribution in [3.63, 3.8) is 0 Å². The Kier molecular flexibility index (Phi) is 4.90. The van der Waals surface area contributed by atoms with Gasteiger partial charge in [-0.3, -0.25) is 10.1 Å². The summed E-state index contributed by atoms with van der Waals surface area (Å²) in [6.07, 6.45) is 0. The molecule has 0 saturated heterocycles. The molecule has 110 valence electrons. The highest BCUT2D eigenvalue weighted by molar-refractivity contribution is 5.67. The van der Waals surface area contributed by atoms with Crippen LogP contribution in [0.3, 0.4) is 0 Å². The lowest BCUT2D eigenvalue weighted by Crippen LogP contribution is -2.27. The molecule has 0 bridgehead atoms. The fourth-order valence-electron chi connectivity index (χ4n) is 2.40. The number of nitro groups is 1. The zero-order valence-corrected chi connectivity index (χ0v) is 11.9. The Morgan fingerprint density at radius 2 is 1.86 bits per heavy atom. The number of para-hydroxylation sites is 1. The van der Waals surface area contributed by atoms with Crippen LogP contribution in [0.25, 0.3) is 0 Å². The van der Waals surface area contributed by atoms with Gasteiger partial charge < -0.3 is 10.0 Å². The zero-order valence-electron chi connectivity index (χ0n) is 11.9. The van der Waals surface area contributed by atoms with Gasteiger partial charge >= 0.3 is 0 Å². The Labute approximate surface area is 123 Å². The molecule has 2 rings (SSSR count). The van der Waals surface area contributed by atoms with Crippen molar-refractivity contribution in [1.29, 1.82) is 0 Å². The zero-order chi connectivity index (χ0) is 15.2. The summed E-state index contributed by atoms with van der Waals surface area (Å²) < 4.78 is 0. The Morgan fingerprint density at radius 1 is 1.14 bits per heavy atom. The van der Waals surface area contributed by atoms with Gasteiger partial charge in [-0.25, -0.2) is 0 Å². The van der Waals surface area contributed by atoms with Crippen molar-refractivity contribution in [3.8, 4) is 0 Å². The number of aryl methyl sites for hydroxylation is 1. The minimum Gasteiger partial charge on any atom is -0.395 e. The van der Waals surface area contributed by atoms with Crippen LogP contribution >= 0.6 is 0 Å². The van der Waals surface area contributed by atoms with Gasteiger partial charge in [0.15, 0.2) is 0 Å². The van der Waals surface area contributed by atoms with Crippen molar-refractivity contribution >= 4 is 11.4 Å². The van der Waals surface area contributed by atoms with Crippen LogP contribution in [0, 0.1) is 17.0 Å². The lowest BCUT2D eigenvalue weighted by Gasteiger charge is -2.25. The number of aliphatic hydroxyl groups is 1. The number of rotatable bonds is 6. The number of hydrogen-bond donors (Lipinski definition) is 1. The molecule has 0 aliphatic rings. The summed E-state index contributed by atoms with van der Waals surface area (Å²) >= 11 is 0. The first-order valence-corrected chi connectivity index (χ1v) is 6.77. The van der Waals surface area contributed by atoms with Crippen molar-refractivity contribution in [1.82, 2.24) is 0 Å². The topological polar surface area (TPSA) is 66.6 Å². The van der Waals surface area contributed by atoms with Gasteiger partial charge in [-0.05, 0) is 18.1 Å². The SMILES string of the molecule is Cc1cccc([N+](=O)[O-])c1N(CCO)Cc1ccccc1. The maximum absolute atomic E-state index is 11.3. The van der Waals surface area contributed by atoms with Crippen molar-refractivity contribution in [3.05, 3.63) is 69.8 Å². The number of aliphatic hydroxyl groups excluding tert-OH is 1. The Hall–Kier alpha value is -2.40. The first kappa shape index (κ1) is 15.0. The van der Waals surface area contributed by atoms with E-state index in [-0.39, 0.29) is 17.2 Å². The van der Waals surface area contributed by atoms with Crippen LogP contribution in [0.1, 0.15) is 11.1 Å². The molecule has 0 heterocycles. The minimum absolute atomic E-state index is 0.0572.